The minimum atomic E-state index is -4.55. The summed E-state index contributed by atoms with van der Waals surface area (Å²) in [5.74, 6) is -1.47. The highest BCUT2D eigenvalue weighted by atomic mass is 32.2. The van der Waals surface area contributed by atoms with Gasteiger partial charge >= 0.3 is 5.97 Å². The number of rotatable bonds is 6. The van der Waals surface area contributed by atoms with Gasteiger partial charge in [-0.25, -0.2) is 4.79 Å². The molecule has 0 aromatic rings. The highest BCUT2D eigenvalue weighted by Gasteiger charge is 2.37. The minimum Gasteiger partial charge on any atom is -0.337 e. The smallest absolute Gasteiger partial charge is 0.337 e. The van der Waals surface area contributed by atoms with E-state index in [9.17, 15) is 18.0 Å². The Morgan fingerprint density at radius 2 is 2.21 bits per heavy atom. The Bertz CT molecular complexity index is 449. The normalized spacial score (nSPS) is 19.3. The molecule has 0 aromatic heterocycles. The van der Waals surface area contributed by atoms with E-state index in [4.69, 9.17) is 9.39 Å². The van der Waals surface area contributed by atoms with Crippen LogP contribution in [0.15, 0.2) is 0 Å². The van der Waals surface area contributed by atoms with Gasteiger partial charge in [-0.1, -0.05) is 6.92 Å². The predicted molar refractivity (Wildman–Crippen MR) is 70.0 cm³/mol. The van der Waals surface area contributed by atoms with Crippen molar-refractivity contribution in [2.45, 2.75) is 36.7 Å². The number of carbonyl (C=O) groups excluding carboxylic acids is 2. The van der Waals surface area contributed by atoms with Crippen molar-refractivity contribution in [1.82, 2.24) is 5.06 Å². The van der Waals surface area contributed by atoms with E-state index in [0.717, 1.165) is 5.06 Å². The van der Waals surface area contributed by atoms with Crippen LogP contribution < -0.4 is 0 Å². The molecule has 0 saturated carbocycles. The maximum absolute atomic E-state index is 11.8. The van der Waals surface area contributed by atoms with Crippen LogP contribution in [0, 0.1) is 0 Å². The van der Waals surface area contributed by atoms with Gasteiger partial charge in [0, 0.05) is 11.7 Å². The van der Waals surface area contributed by atoms with Gasteiger partial charge in [0.2, 0.25) is 0 Å². The molecule has 2 atom stereocenters. The molecule has 0 radical (unpaired) electrons. The zero-order valence-corrected chi connectivity index (χ0v) is 12.4. The second kappa shape index (κ2) is 6.58. The number of hydrogen-bond donors (Lipinski definition) is 1. The summed E-state index contributed by atoms with van der Waals surface area (Å²) in [7, 11) is -4.55. The average Bonchev–Trinajstić information content (AvgIpc) is 2.69. The third-order valence-corrected chi connectivity index (χ3v) is 4.90. The Morgan fingerprint density at radius 1 is 1.58 bits per heavy atom. The Balaban J connectivity index is 2.74. The summed E-state index contributed by atoms with van der Waals surface area (Å²) >= 11 is 1.37. The topological polar surface area (TPSA) is 101 Å². The standard InChI is InChI=1S/C10H17NO6S2/c1-7(18-2)6-8(19(14,15)16)10(13)17-11-5-3-4-9(11)12/h7-8H,3-6H2,1-2H3,(H,14,15,16). The first kappa shape index (κ1) is 16.3. The van der Waals surface area contributed by atoms with E-state index in [1.54, 1.807) is 13.2 Å². The zero-order chi connectivity index (χ0) is 14.6. The summed E-state index contributed by atoms with van der Waals surface area (Å²) in [5.41, 5.74) is 0. The summed E-state index contributed by atoms with van der Waals surface area (Å²) < 4.78 is 31.5. The summed E-state index contributed by atoms with van der Waals surface area (Å²) in [4.78, 5) is 27.8. The molecule has 1 heterocycles. The van der Waals surface area contributed by atoms with Gasteiger partial charge in [-0.05, 0) is 19.1 Å². The Labute approximate surface area is 116 Å². The third kappa shape index (κ3) is 4.66. The van der Waals surface area contributed by atoms with Gasteiger partial charge in [0.15, 0.2) is 5.25 Å². The highest BCUT2D eigenvalue weighted by molar-refractivity contribution is 7.99. The van der Waals surface area contributed by atoms with Crippen molar-refractivity contribution >= 4 is 33.8 Å². The Morgan fingerprint density at radius 3 is 2.63 bits per heavy atom. The first-order valence-electron chi connectivity index (χ1n) is 5.77. The van der Waals surface area contributed by atoms with Gasteiger partial charge in [0.05, 0.1) is 6.54 Å². The van der Waals surface area contributed by atoms with Crippen molar-refractivity contribution in [2.24, 2.45) is 0 Å². The molecule has 7 nitrogen and oxygen atoms in total. The number of hydrogen-bond acceptors (Lipinski definition) is 6. The predicted octanol–water partition coefficient (Wildman–Crippen LogP) is 0.465. The van der Waals surface area contributed by atoms with Crippen LogP contribution in [-0.4, -0.2) is 53.2 Å². The van der Waals surface area contributed by atoms with E-state index < -0.39 is 21.3 Å². The van der Waals surface area contributed by atoms with E-state index in [1.807, 2.05) is 0 Å². The summed E-state index contributed by atoms with van der Waals surface area (Å²) in [6.45, 7) is 1.98. The molecule has 1 rings (SSSR count). The minimum absolute atomic E-state index is 0.0686. The van der Waals surface area contributed by atoms with Crippen LogP contribution in [0.3, 0.4) is 0 Å². The van der Waals surface area contributed by atoms with Crippen LogP contribution in [0.1, 0.15) is 26.2 Å². The lowest BCUT2D eigenvalue weighted by Crippen LogP contribution is -2.39. The van der Waals surface area contributed by atoms with Gasteiger partial charge < -0.3 is 4.84 Å². The first-order valence-corrected chi connectivity index (χ1v) is 8.56. The number of thioether (sulfide) groups is 1. The monoisotopic (exact) mass is 311 g/mol. The number of hydroxylamine groups is 2. The van der Waals surface area contributed by atoms with Crippen molar-refractivity contribution in [3.05, 3.63) is 0 Å². The molecule has 0 aromatic carbocycles. The molecule has 0 aliphatic carbocycles. The third-order valence-electron chi connectivity index (χ3n) is 2.80. The molecule has 1 N–H and O–H groups in total. The molecule has 1 aliphatic rings. The summed E-state index contributed by atoms with van der Waals surface area (Å²) in [5, 5.41) is -0.957. The zero-order valence-electron chi connectivity index (χ0n) is 10.7. The van der Waals surface area contributed by atoms with Gasteiger partial charge in [0.25, 0.3) is 16.0 Å². The molecule has 1 aliphatic heterocycles. The molecule has 19 heavy (non-hydrogen) atoms. The molecule has 1 saturated heterocycles. The largest absolute Gasteiger partial charge is 0.353 e. The van der Waals surface area contributed by atoms with E-state index in [1.165, 1.54) is 11.8 Å². The molecule has 2 unspecified atom stereocenters. The molecular weight excluding hydrogens is 294 g/mol. The van der Waals surface area contributed by atoms with Gasteiger partial charge in [-0.15, -0.1) is 0 Å². The quantitative estimate of drug-likeness (QED) is 0.711. The van der Waals surface area contributed by atoms with E-state index in [0.29, 0.717) is 6.42 Å². The molecular formula is C10H17NO6S2. The van der Waals surface area contributed by atoms with Crippen LogP contribution in [0.4, 0.5) is 0 Å². The molecule has 0 spiro atoms. The Hall–Kier alpha value is -0.800. The number of nitrogens with zero attached hydrogens (tertiary/aromatic N) is 1. The van der Waals surface area contributed by atoms with Crippen molar-refractivity contribution in [2.75, 3.05) is 12.8 Å². The van der Waals surface area contributed by atoms with E-state index >= 15 is 0 Å². The van der Waals surface area contributed by atoms with Crippen LogP contribution in [0.25, 0.3) is 0 Å². The van der Waals surface area contributed by atoms with Crippen molar-refractivity contribution < 1.29 is 27.4 Å². The molecule has 110 valence electrons. The van der Waals surface area contributed by atoms with Crippen molar-refractivity contribution in [3.63, 3.8) is 0 Å². The van der Waals surface area contributed by atoms with E-state index in [-0.39, 0.29) is 30.5 Å². The van der Waals surface area contributed by atoms with E-state index in [2.05, 4.69) is 0 Å². The van der Waals surface area contributed by atoms with Crippen molar-refractivity contribution in [3.8, 4) is 0 Å². The van der Waals surface area contributed by atoms with Crippen LogP contribution in [0.5, 0.6) is 0 Å². The maximum atomic E-state index is 11.8. The highest BCUT2D eigenvalue weighted by Crippen LogP contribution is 2.19. The van der Waals surface area contributed by atoms with Crippen molar-refractivity contribution in [1.29, 1.82) is 0 Å². The maximum Gasteiger partial charge on any atom is 0.353 e. The van der Waals surface area contributed by atoms with Crippen LogP contribution >= 0.6 is 11.8 Å². The second-order valence-corrected chi connectivity index (χ2v) is 7.17. The first-order chi connectivity index (χ1) is 8.75. The van der Waals surface area contributed by atoms with Crippen LogP contribution in [-0.2, 0) is 24.5 Å². The number of carbonyl (C=O) groups is 2. The molecule has 1 amide bonds. The fourth-order valence-corrected chi connectivity index (χ4v) is 2.95. The molecule has 9 heteroatoms. The Kier molecular flexibility index (Phi) is 5.63. The molecule has 0 bridgehead atoms. The van der Waals surface area contributed by atoms with Gasteiger partial charge in [0.1, 0.15) is 0 Å². The fourth-order valence-electron chi connectivity index (χ4n) is 1.62. The fraction of sp³-hybridized carbons (Fsp3) is 0.800. The number of amides is 1. The summed E-state index contributed by atoms with van der Waals surface area (Å²) in [6, 6.07) is 0. The lowest BCUT2D eigenvalue weighted by Gasteiger charge is -2.20. The average molecular weight is 311 g/mol. The molecule has 1 fully saturated rings. The lowest BCUT2D eigenvalue weighted by molar-refractivity contribution is -0.192. The van der Waals surface area contributed by atoms with Crippen LogP contribution in [0.2, 0.25) is 0 Å². The van der Waals surface area contributed by atoms with Gasteiger partial charge in [-0.3, -0.25) is 9.35 Å². The van der Waals surface area contributed by atoms with Gasteiger partial charge in [-0.2, -0.15) is 25.2 Å². The SMILES string of the molecule is CSC(C)CC(C(=O)ON1CCCC1=O)S(=O)(=O)O. The second-order valence-electron chi connectivity index (χ2n) is 4.30. The lowest BCUT2D eigenvalue weighted by atomic mass is 10.2. The summed E-state index contributed by atoms with van der Waals surface area (Å²) in [6.07, 6.45) is 2.52.